The summed E-state index contributed by atoms with van der Waals surface area (Å²) in [6.07, 6.45) is 2.28. The van der Waals surface area contributed by atoms with Gasteiger partial charge in [0.1, 0.15) is 0 Å². The Morgan fingerprint density at radius 2 is 1.58 bits per heavy atom. The minimum Gasteiger partial charge on any atom is -0.343 e. The van der Waals surface area contributed by atoms with Gasteiger partial charge in [0.25, 0.3) is 0 Å². The fourth-order valence-corrected chi connectivity index (χ4v) is 0.342. The van der Waals surface area contributed by atoms with Crippen molar-refractivity contribution in [2.75, 3.05) is 0 Å². The van der Waals surface area contributed by atoms with Gasteiger partial charge in [0.05, 0.1) is 0 Å². The maximum absolute atomic E-state index is 3.60. The average Bonchev–Trinajstić information content (AvgIpc) is 2.08. The molecule has 0 saturated heterocycles. The quantitative estimate of drug-likeness (QED) is 0.476. The van der Waals surface area contributed by atoms with Gasteiger partial charge in [-0.25, -0.2) is 0 Å². The average molecular weight is 195 g/mol. The molecule has 0 heterocycles. The van der Waals surface area contributed by atoms with Gasteiger partial charge in [0.2, 0.25) is 0 Å². The molecule has 0 N–H and O–H groups in total. The first kappa shape index (κ1) is 18.1. The van der Waals surface area contributed by atoms with Crippen LogP contribution in [0.3, 0.4) is 0 Å². The van der Waals surface area contributed by atoms with Gasteiger partial charge in [-0.2, -0.15) is 42.8 Å². The zero-order valence-electron chi connectivity index (χ0n) is 7.62. The minimum absolute atomic E-state index is 0. The van der Waals surface area contributed by atoms with Crippen LogP contribution in [0.25, 0.3) is 0 Å². The fourth-order valence-electron chi connectivity index (χ4n) is 0.342. The van der Waals surface area contributed by atoms with Gasteiger partial charge in [-0.1, -0.05) is 13.3 Å². The van der Waals surface area contributed by atoms with Crippen LogP contribution in [-0.2, 0) is 0 Å². The number of unbranched alkanes of at least 4 members (excludes halogenated alkanes) is 1. The zero-order chi connectivity index (χ0) is 7.66. The van der Waals surface area contributed by atoms with E-state index in [1.165, 1.54) is 6.42 Å². The van der Waals surface area contributed by atoms with Crippen molar-refractivity contribution in [3.05, 3.63) is 43.3 Å². The van der Waals surface area contributed by atoms with Gasteiger partial charge in [0, 0.05) is 0 Å². The van der Waals surface area contributed by atoms with Crippen LogP contribution in [0, 0.1) is 13.0 Å². The van der Waals surface area contributed by atoms with Crippen LogP contribution in [0.15, 0.2) is 30.3 Å². The molecular formula is C10H15ClMg. The summed E-state index contributed by atoms with van der Waals surface area (Å²) in [5.74, 6) is 0. The van der Waals surface area contributed by atoms with Gasteiger partial charge >= 0.3 is 23.1 Å². The van der Waals surface area contributed by atoms with E-state index in [-0.39, 0.29) is 35.5 Å². The summed E-state index contributed by atoms with van der Waals surface area (Å²) < 4.78 is 0. The predicted octanol–water partition coefficient (Wildman–Crippen LogP) is 3.15. The van der Waals surface area contributed by atoms with Crippen LogP contribution < -0.4 is 0 Å². The molecule has 2 heteroatoms. The molecule has 0 saturated carbocycles. The summed E-state index contributed by atoms with van der Waals surface area (Å²) in [5.41, 5.74) is 0. The maximum Gasteiger partial charge on any atom is 2.00 e. The van der Waals surface area contributed by atoms with E-state index in [2.05, 4.69) is 19.9 Å². The molecular weight excluding hydrogens is 180 g/mol. The van der Waals surface area contributed by atoms with E-state index in [4.69, 9.17) is 0 Å². The van der Waals surface area contributed by atoms with Gasteiger partial charge < -0.3 is 6.92 Å². The molecule has 1 aromatic rings. The molecule has 0 aliphatic rings. The van der Waals surface area contributed by atoms with E-state index in [9.17, 15) is 0 Å². The van der Waals surface area contributed by atoms with Crippen LogP contribution in [0.5, 0.6) is 0 Å². The monoisotopic (exact) mass is 194 g/mol. The smallest absolute Gasteiger partial charge is 0.343 e. The first-order valence-corrected chi connectivity index (χ1v) is 3.62. The summed E-state index contributed by atoms with van der Waals surface area (Å²) in [4.78, 5) is 0. The van der Waals surface area contributed by atoms with E-state index >= 15 is 0 Å². The summed E-state index contributed by atoms with van der Waals surface area (Å²) >= 11 is 0. The van der Waals surface area contributed by atoms with Crippen LogP contribution in [0.1, 0.15) is 19.8 Å². The van der Waals surface area contributed by atoms with E-state index in [1.54, 1.807) is 0 Å². The normalized spacial score (nSPS) is 6.50. The van der Waals surface area contributed by atoms with Crippen LogP contribution in [-0.4, -0.2) is 23.1 Å². The first-order chi connectivity index (χ1) is 4.91. The zero-order valence-corrected chi connectivity index (χ0v) is 9.85. The first-order valence-electron chi connectivity index (χ1n) is 3.62. The number of hydrogen-bond acceptors (Lipinski definition) is 0. The van der Waals surface area contributed by atoms with Crippen molar-refractivity contribution in [1.29, 1.82) is 0 Å². The van der Waals surface area contributed by atoms with Crippen molar-refractivity contribution in [1.82, 2.24) is 0 Å². The number of benzene rings is 1. The number of halogens is 1. The summed E-state index contributed by atoms with van der Waals surface area (Å²) in [5, 5.41) is 0. The second kappa shape index (κ2) is 17.4. The van der Waals surface area contributed by atoms with Crippen molar-refractivity contribution in [3.63, 3.8) is 0 Å². The predicted molar refractivity (Wildman–Crippen MR) is 58.5 cm³/mol. The van der Waals surface area contributed by atoms with Crippen molar-refractivity contribution >= 4 is 35.5 Å². The van der Waals surface area contributed by atoms with Crippen LogP contribution in [0.4, 0.5) is 0 Å². The number of hydrogen-bond donors (Lipinski definition) is 0. The second-order valence-electron chi connectivity index (χ2n) is 1.93. The standard InChI is InChI=1S/C6H5.C4H9.ClH.Mg/c1-2-4-6-5-3-1;1-3-4-2;;/h1-5H;1,3-4H2,2H3;1H;/q2*-1;;+2. The van der Waals surface area contributed by atoms with Crippen LogP contribution >= 0.6 is 12.4 Å². The molecule has 0 unspecified atom stereocenters. The molecule has 0 fully saturated rings. The third-order valence-electron chi connectivity index (χ3n) is 0.961. The molecule has 0 amide bonds. The van der Waals surface area contributed by atoms with Gasteiger partial charge in [-0.05, 0) is 0 Å². The third kappa shape index (κ3) is 16.7. The SMILES string of the molecule is Cl.[CH2-]CCC.[Mg+2].[c-]1ccccc1. The van der Waals surface area contributed by atoms with E-state index in [1.807, 2.05) is 30.3 Å². The van der Waals surface area contributed by atoms with Gasteiger partial charge in [0.15, 0.2) is 0 Å². The summed E-state index contributed by atoms with van der Waals surface area (Å²) in [6.45, 7) is 5.72. The largest absolute Gasteiger partial charge is 2.00 e. The molecule has 0 bridgehead atoms. The topological polar surface area (TPSA) is 0 Å². The third-order valence-corrected chi connectivity index (χ3v) is 0.961. The number of rotatable bonds is 1. The van der Waals surface area contributed by atoms with E-state index < -0.39 is 0 Å². The second-order valence-corrected chi connectivity index (χ2v) is 1.93. The van der Waals surface area contributed by atoms with Crippen molar-refractivity contribution in [2.24, 2.45) is 0 Å². The Bertz CT molecular complexity index is 102. The van der Waals surface area contributed by atoms with Crippen molar-refractivity contribution < 1.29 is 0 Å². The molecule has 0 radical (unpaired) electrons. The van der Waals surface area contributed by atoms with Crippen molar-refractivity contribution in [3.8, 4) is 0 Å². The molecule has 0 atom stereocenters. The molecule has 1 aromatic carbocycles. The Morgan fingerprint density at radius 1 is 1.17 bits per heavy atom. The maximum atomic E-state index is 3.60. The molecule has 0 aliphatic carbocycles. The Labute approximate surface area is 98.3 Å². The van der Waals surface area contributed by atoms with Gasteiger partial charge in [-0.15, -0.1) is 12.4 Å². The Balaban J connectivity index is -0.000000124. The molecule has 64 valence electrons. The molecule has 12 heavy (non-hydrogen) atoms. The fraction of sp³-hybridized carbons (Fsp3) is 0.300. The Hall–Kier alpha value is 0.276. The van der Waals surface area contributed by atoms with Crippen molar-refractivity contribution in [2.45, 2.75) is 19.8 Å². The van der Waals surface area contributed by atoms with E-state index in [0.29, 0.717) is 0 Å². The Morgan fingerprint density at radius 3 is 1.67 bits per heavy atom. The van der Waals surface area contributed by atoms with Gasteiger partial charge in [-0.3, -0.25) is 0 Å². The molecule has 0 nitrogen and oxygen atoms in total. The minimum atomic E-state index is 0. The van der Waals surface area contributed by atoms with Crippen LogP contribution in [0.2, 0.25) is 0 Å². The van der Waals surface area contributed by atoms with E-state index in [0.717, 1.165) is 6.42 Å². The Kier molecular flexibility index (Phi) is 26.3. The molecule has 0 spiro atoms. The summed E-state index contributed by atoms with van der Waals surface area (Å²) in [6, 6.07) is 12.5. The molecule has 0 aromatic heterocycles. The molecule has 1 rings (SSSR count). The summed E-state index contributed by atoms with van der Waals surface area (Å²) in [7, 11) is 0. The molecule has 0 aliphatic heterocycles.